The Morgan fingerprint density at radius 1 is 1.47 bits per heavy atom. The Morgan fingerprint density at radius 3 is 2.79 bits per heavy atom. The van der Waals surface area contributed by atoms with E-state index in [1.807, 2.05) is 0 Å². The number of hydrogen-bond acceptors (Lipinski definition) is 3. The minimum Gasteiger partial charge on any atom is -0.389 e. The summed E-state index contributed by atoms with van der Waals surface area (Å²) in [7, 11) is 1.68. The number of halogens is 1. The lowest BCUT2D eigenvalue weighted by Gasteiger charge is -2.09. The molecular weight excluding hydrogens is 284 g/mol. The fourth-order valence-electron chi connectivity index (χ4n) is 1.56. The Hall–Kier alpha value is -1.92. The van der Waals surface area contributed by atoms with Gasteiger partial charge in [0.25, 0.3) is 5.91 Å². The van der Waals surface area contributed by atoms with Gasteiger partial charge in [-0.25, -0.2) is 0 Å². The number of aryl methyl sites for hydroxylation is 1. The van der Waals surface area contributed by atoms with Gasteiger partial charge in [0.2, 0.25) is 0 Å². The molecule has 19 heavy (non-hydrogen) atoms. The van der Waals surface area contributed by atoms with Crippen molar-refractivity contribution in [3.05, 3.63) is 46.7 Å². The third-order valence-electron chi connectivity index (χ3n) is 2.55. The molecule has 1 amide bonds. The van der Waals surface area contributed by atoms with Crippen LogP contribution in [0.3, 0.4) is 0 Å². The van der Waals surface area contributed by atoms with E-state index < -0.39 is 0 Å². The lowest BCUT2D eigenvalue weighted by Crippen LogP contribution is -2.17. The molecule has 0 saturated carbocycles. The molecule has 1 heterocycles. The summed E-state index contributed by atoms with van der Waals surface area (Å²) in [5.74, 6) is -0.304. The molecule has 0 aliphatic carbocycles. The lowest BCUT2D eigenvalue weighted by molar-refractivity contribution is 0.101. The Balaban J connectivity index is 2.28. The number of nitrogens with one attached hydrogen (secondary N) is 1. The number of amides is 1. The lowest BCUT2D eigenvalue weighted by atomic mass is 10.2. The number of nitrogens with two attached hydrogens (primary N) is 1. The fraction of sp³-hybridized carbons (Fsp3) is 0.0833. The van der Waals surface area contributed by atoms with E-state index in [2.05, 4.69) is 10.4 Å². The van der Waals surface area contributed by atoms with Crippen molar-refractivity contribution in [1.82, 2.24) is 9.78 Å². The van der Waals surface area contributed by atoms with E-state index in [-0.39, 0.29) is 10.9 Å². The number of hydrogen-bond donors (Lipinski definition) is 2. The highest BCUT2D eigenvalue weighted by Gasteiger charge is 2.12. The summed E-state index contributed by atoms with van der Waals surface area (Å²) < 4.78 is 1.47. The highest BCUT2D eigenvalue weighted by atomic mass is 35.5. The molecule has 98 valence electrons. The molecule has 0 fully saturated rings. The van der Waals surface area contributed by atoms with Crippen LogP contribution in [0.2, 0.25) is 5.02 Å². The molecule has 0 saturated heterocycles. The van der Waals surface area contributed by atoms with Crippen LogP contribution in [0.4, 0.5) is 5.69 Å². The van der Waals surface area contributed by atoms with E-state index in [9.17, 15) is 4.79 Å². The van der Waals surface area contributed by atoms with Crippen LogP contribution in [-0.4, -0.2) is 20.7 Å². The van der Waals surface area contributed by atoms with Crippen molar-refractivity contribution in [3.8, 4) is 0 Å². The van der Waals surface area contributed by atoms with Crippen LogP contribution in [-0.2, 0) is 7.05 Å². The van der Waals surface area contributed by atoms with Gasteiger partial charge in [0.15, 0.2) is 0 Å². The second kappa shape index (κ2) is 5.38. The van der Waals surface area contributed by atoms with Crippen molar-refractivity contribution in [2.45, 2.75) is 0 Å². The molecule has 0 bridgehead atoms. The zero-order chi connectivity index (χ0) is 14.0. The number of rotatable bonds is 3. The van der Waals surface area contributed by atoms with Crippen LogP contribution in [0.1, 0.15) is 16.1 Å². The van der Waals surface area contributed by atoms with Gasteiger partial charge < -0.3 is 11.1 Å². The summed E-state index contributed by atoms with van der Waals surface area (Å²) >= 11 is 10.9. The van der Waals surface area contributed by atoms with Crippen LogP contribution in [0.5, 0.6) is 0 Å². The van der Waals surface area contributed by atoms with Gasteiger partial charge in [-0.15, -0.1) is 0 Å². The van der Waals surface area contributed by atoms with Crippen LogP contribution in [0.15, 0.2) is 30.5 Å². The Bertz CT molecular complexity index is 653. The van der Waals surface area contributed by atoms with E-state index in [1.54, 1.807) is 37.5 Å². The van der Waals surface area contributed by atoms with Gasteiger partial charge in [-0.3, -0.25) is 9.48 Å². The molecule has 5 nitrogen and oxygen atoms in total. The SMILES string of the molecule is Cn1nccc1C(=O)Nc1cc(C(N)=S)ccc1Cl. The van der Waals surface area contributed by atoms with Gasteiger partial charge in [-0.2, -0.15) is 5.10 Å². The molecule has 1 aromatic heterocycles. The summed E-state index contributed by atoms with van der Waals surface area (Å²) in [5, 5.41) is 7.04. The zero-order valence-electron chi connectivity index (χ0n) is 10.1. The van der Waals surface area contributed by atoms with Crippen molar-refractivity contribution >= 4 is 40.4 Å². The first kappa shape index (κ1) is 13.5. The number of thiocarbonyl (C=S) groups is 1. The molecule has 0 radical (unpaired) electrons. The van der Waals surface area contributed by atoms with Crippen molar-refractivity contribution in [3.63, 3.8) is 0 Å². The van der Waals surface area contributed by atoms with Crippen LogP contribution < -0.4 is 11.1 Å². The number of benzene rings is 1. The average Bonchev–Trinajstić information content (AvgIpc) is 2.78. The van der Waals surface area contributed by atoms with E-state index in [0.717, 1.165) is 0 Å². The second-order valence-corrected chi connectivity index (χ2v) is 4.70. The normalized spacial score (nSPS) is 10.2. The highest BCUT2D eigenvalue weighted by molar-refractivity contribution is 7.80. The van der Waals surface area contributed by atoms with Crippen molar-refractivity contribution < 1.29 is 4.79 Å². The highest BCUT2D eigenvalue weighted by Crippen LogP contribution is 2.23. The number of carbonyl (C=O) groups excluding carboxylic acids is 1. The minimum atomic E-state index is -0.304. The van der Waals surface area contributed by atoms with Crippen molar-refractivity contribution in [2.24, 2.45) is 12.8 Å². The predicted molar refractivity (Wildman–Crippen MR) is 78.5 cm³/mol. The molecule has 0 atom stereocenters. The van der Waals surface area contributed by atoms with E-state index >= 15 is 0 Å². The predicted octanol–water partition coefficient (Wildman–Crippen LogP) is 1.96. The maximum atomic E-state index is 12.0. The monoisotopic (exact) mass is 294 g/mol. The van der Waals surface area contributed by atoms with Crippen LogP contribution >= 0.6 is 23.8 Å². The maximum absolute atomic E-state index is 12.0. The first-order valence-electron chi connectivity index (χ1n) is 5.37. The standard InChI is InChI=1S/C12H11ClN4OS/c1-17-10(4-5-15-17)12(18)16-9-6-7(11(14)19)2-3-8(9)13/h2-6H,1H3,(H2,14,19)(H,16,18). The summed E-state index contributed by atoms with van der Waals surface area (Å²) in [6.45, 7) is 0. The molecule has 0 spiro atoms. The van der Waals surface area contributed by atoms with E-state index in [1.165, 1.54) is 4.68 Å². The van der Waals surface area contributed by atoms with Gasteiger partial charge in [-0.05, 0) is 18.2 Å². The molecule has 0 aliphatic rings. The first-order chi connectivity index (χ1) is 8.99. The maximum Gasteiger partial charge on any atom is 0.273 e. The summed E-state index contributed by atoms with van der Waals surface area (Å²) in [5.41, 5.74) is 7.07. The first-order valence-corrected chi connectivity index (χ1v) is 6.16. The molecule has 2 rings (SSSR count). The van der Waals surface area contributed by atoms with E-state index in [0.29, 0.717) is 22.0 Å². The number of nitrogens with zero attached hydrogens (tertiary/aromatic N) is 2. The topological polar surface area (TPSA) is 72.9 Å². The summed E-state index contributed by atoms with van der Waals surface area (Å²) in [6, 6.07) is 6.58. The molecule has 2 aromatic rings. The molecule has 7 heteroatoms. The van der Waals surface area contributed by atoms with Gasteiger partial charge in [0.05, 0.1) is 10.7 Å². The molecule has 3 N–H and O–H groups in total. The van der Waals surface area contributed by atoms with Crippen molar-refractivity contribution in [1.29, 1.82) is 0 Å². The van der Waals surface area contributed by atoms with Gasteiger partial charge >= 0.3 is 0 Å². The number of aromatic nitrogens is 2. The fourth-order valence-corrected chi connectivity index (χ4v) is 1.85. The van der Waals surface area contributed by atoms with E-state index in [4.69, 9.17) is 29.6 Å². The third-order valence-corrected chi connectivity index (χ3v) is 3.12. The smallest absolute Gasteiger partial charge is 0.273 e. The zero-order valence-corrected chi connectivity index (χ0v) is 11.6. The van der Waals surface area contributed by atoms with Gasteiger partial charge in [-0.1, -0.05) is 29.9 Å². The molecule has 1 aromatic carbocycles. The molecule has 0 unspecified atom stereocenters. The van der Waals surface area contributed by atoms with Crippen LogP contribution in [0, 0.1) is 0 Å². The average molecular weight is 295 g/mol. The number of carbonyl (C=O) groups is 1. The molecular formula is C12H11ClN4OS. The quantitative estimate of drug-likeness (QED) is 0.849. The second-order valence-electron chi connectivity index (χ2n) is 3.85. The summed E-state index contributed by atoms with van der Waals surface area (Å²) in [6.07, 6.45) is 1.54. The minimum absolute atomic E-state index is 0.243. The Labute approximate surface area is 120 Å². The van der Waals surface area contributed by atoms with Crippen molar-refractivity contribution in [2.75, 3.05) is 5.32 Å². The third kappa shape index (κ3) is 2.91. The largest absolute Gasteiger partial charge is 0.389 e. The van der Waals surface area contributed by atoms with Crippen LogP contribution in [0.25, 0.3) is 0 Å². The number of anilines is 1. The summed E-state index contributed by atoms with van der Waals surface area (Å²) in [4.78, 5) is 12.3. The van der Waals surface area contributed by atoms with Gasteiger partial charge in [0.1, 0.15) is 10.7 Å². The Morgan fingerprint density at radius 2 is 2.21 bits per heavy atom. The molecule has 0 aliphatic heterocycles. The van der Waals surface area contributed by atoms with Gasteiger partial charge in [0, 0.05) is 18.8 Å². The Kier molecular flexibility index (Phi) is 3.82.